The number of carbonyl (C=O) groups is 2. The lowest BCUT2D eigenvalue weighted by molar-refractivity contribution is -0.143. The van der Waals surface area contributed by atoms with Crippen LogP contribution in [-0.4, -0.2) is 37.1 Å². The molecule has 138 valence electrons. The zero-order valence-corrected chi connectivity index (χ0v) is 16.2. The first kappa shape index (κ1) is 20.9. The summed E-state index contributed by atoms with van der Waals surface area (Å²) >= 11 is 1.52. The van der Waals surface area contributed by atoms with Crippen molar-refractivity contribution in [3.63, 3.8) is 0 Å². The summed E-state index contributed by atoms with van der Waals surface area (Å²) < 4.78 is 9.97. The Balaban J connectivity index is 2.76. The number of alkyl carbamates (subject to hydrolysis) is 1. The van der Waals surface area contributed by atoms with Gasteiger partial charge in [0.25, 0.3) is 0 Å². The minimum Gasteiger partial charge on any atom is -0.467 e. The number of thioether (sulfide) groups is 1. The molecule has 7 heteroatoms. The minimum absolute atomic E-state index is 0.301. The van der Waals surface area contributed by atoms with Crippen molar-refractivity contribution < 1.29 is 19.1 Å². The summed E-state index contributed by atoms with van der Waals surface area (Å²) in [5, 5.41) is 6.55. The number of rotatable bonds is 7. The number of amides is 1. The zero-order valence-electron chi connectivity index (χ0n) is 15.3. The molecular formula is C18H26N2O4S. The van der Waals surface area contributed by atoms with Crippen LogP contribution >= 0.6 is 11.8 Å². The molecule has 1 aromatic carbocycles. The van der Waals surface area contributed by atoms with E-state index in [0.29, 0.717) is 6.42 Å². The summed E-state index contributed by atoms with van der Waals surface area (Å²) in [6.45, 7) is 9.14. The van der Waals surface area contributed by atoms with Gasteiger partial charge in [-0.3, -0.25) is 0 Å². The third-order valence-electron chi connectivity index (χ3n) is 3.10. The molecule has 0 saturated carbocycles. The molecule has 0 heterocycles. The fourth-order valence-corrected chi connectivity index (χ4v) is 2.18. The largest absolute Gasteiger partial charge is 0.467 e. The molecule has 0 saturated heterocycles. The van der Waals surface area contributed by atoms with Gasteiger partial charge >= 0.3 is 12.1 Å². The molecule has 0 aromatic heterocycles. The Morgan fingerprint density at radius 3 is 2.32 bits per heavy atom. The smallest absolute Gasteiger partial charge is 0.408 e. The summed E-state index contributed by atoms with van der Waals surface area (Å²) in [6, 6.07) is 6.71. The van der Waals surface area contributed by atoms with E-state index >= 15 is 0 Å². The molecule has 0 spiro atoms. The second kappa shape index (κ2) is 9.36. The summed E-state index contributed by atoms with van der Waals surface area (Å²) in [5.41, 5.74) is 1.14. The topological polar surface area (TPSA) is 76.7 Å². The van der Waals surface area contributed by atoms with E-state index in [1.54, 1.807) is 20.8 Å². The molecule has 1 unspecified atom stereocenters. The van der Waals surface area contributed by atoms with Crippen LogP contribution in [0.1, 0.15) is 26.3 Å². The number of anilines is 1. The van der Waals surface area contributed by atoms with E-state index in [1.807, 2.05) is 30.5 Å². The highest BCUT2D eigenvalue weighted by atomic mass is 32.2. The van der Waals surface area contributed by atoms with Crippen LogP contribution in [0, 0.1) is 0 Å². The second-order valence-electron chi connectivity index (χ2n) is 6.38. The lowest BCUT2D eigenvalue weighted by Gasteiger charge is -2.22. The summed E-state index contributed by atoms with van der Waals surface area (Å²) in [4.78, 5) is 23.9. The van der Waals surface area contributed by atoms with Gasteiger partial charge in [0.2, 0.25) is 0 Å². The number of methoxy groups -OCH3 is 1. The number of benzene rings is 1. The van der Waals surface area contributed by atoms with Crippen LogP contribution in [0.5, 0.6) is 0 Å². The maximum Gasteiger partial charge on any atom is 0.408 e. The van der Waals surface area contributed by atoms with E-state index < -0.39 is 23.7 Å². The van der Waals surface area contributed by atoms with Gasteiger partial charge in [-0.15, -0.1) is 11.8 Å². The average Bonchev–Trinajstić information content (AvgIpc) is 2.53. The molecule has 0 aliphatic heterocycles. The van der Waals surface area contributed by atoms with Crippen molar-refractivity contribution in [1.29, 1.82) is 0 Å². The molecule has 0 radical (unpaired) electrons. The molecule has 6 nitrogen and oxygen atoms in total. The highest BCUT2D eigenvalue weighted by Gasteiger charge is 2.25. The SMILES string of the molecule is C=C(Nc1ccc(CC(NC(=O)OC(C)(C)C)C(=O)OC)cc1)SC. The Morgan fingerprint density at radius 2 is 1.84 bits per heavy atom. The van der Waals surface area contributed by atoms with Crippen LogP contribution in [0.2, 0.25) is 0 Å². The van der Waals surface area contributed by atoms with Gasteiger partial charge in [-0.1, -0.05) is 18.7 Å². The Bertz CT molecular complexity index is 608. The number of nitrogens with one attached hydrogen (secondary N) is 2. The highest BCUT2D eigenvalue weighted by Crippen LogP contribution is 2.17. The second-order valence-corrected chi connectivity index (χ2v) is 7.28. The third-order valence-corrected chi connectivity index (χ3v) is 3.70. The van der Waals surface area contributed by atoms with Gasteiger partial charge in [-0.25, -0.2) is 9.59 Å². The van der Waals surface area contributed by atoms with Crippen molar-refractivity contribution >= 4 is 29.5 Å². The number of ether oxygens (including phenoxy) is 2. The van der Waals surface area contributed by atoms with Crippen molar-refractivity contribution in [1.82, 2.24) is 5.32 Å². The molecule has 1 aromatic rings. The summed E-state index contributed by atoms with van der Waals surface area (Å²) in [7, 11) is 1.28. The van der Waals surface area contributed by atoms with E-state index in [9.17, 15) is 9.59 Å². The van der Waals surface area contributed by atoms with Gasteiger partial charge in [0.1, 0.15) is 11.6 Å². The first-order valence-electron chi connectivity index (χ1n) is 7.81. The van der Waals surface area contributed by atoms with Crippen LogP contribution in [0.25, 0.3) is 0 Å². The predicted octanol–water partition coefficient (Wildman–Crippen LogP) is 3.54. The Kier molecular flexibility index (Phi) is 7.83. The number of hydrogen-bond acceptors (Lipinski definition) is 6. The lowest BCUT2D eigenvalue weighted by Crippen LogP contribution is -2.45. The van der Waals surface area contributed by atoms with Gasteiger partial charge in [-0.2, -0.15) is 0 Å². The lowest BCUT2D eigenvalue weighted by atomic mass is 10.1. The zero-order chi connectivity index (χ0) is 19.0. The molecule has 1 atom stereocenters. The number of carbonyl (C=O) groups excluding carboxylic acids is 2. The van der Waals surface area contributed by atoms with E-state index in [1.165, 1.54) is 18.9 Å². The van der Waals surface area contributed by atoms with Crippen LogP contribution < -0.4 is 10.6 Å². The third kappa shape index (κ3) is 7.98. The molecule has 2 N–H and O–H groups in total. The molecule has 0 aliphatic rings. The van der Waals surface area contributed by atoms with Crippen LogP contribution in [0.3, 0.4) is 0 Å². The van der Waals surface area contributed by atoms with Crippen LogP contribution in [-0.2, 0) is 20.7 Å². The molecule has 0 bridgehead atoms. The molecule has 25 heavy (non-hydrogen) atoms. The first-order valence-corrected chi connectivity index (χ1v) is 9.03. The Labute approximate surface area is 153 Å². The van der Waals surface area contributed by atoms with Crippen LogP contribution in [0.15, 0.2) is 35.9 Å². The fourth-order valence-electron chi connectivity index (χ4n) is 1.96. The van der Waals surface area contributed by atoms with Gasteiger partial charge in [0.05, 0.1) is 12.1 Å². The number of hydrogen-bond donors (Lipinski definition) is 2. The van der Waals surface area contributed by atoms with E-state index in [2.05, 4.69) is 17.2 Å². The molecular weight excluding hydrogens is 340 g/mol. The fraction of sp³-hybridized carbons (Fsp3) is 0.444. The molecule has 1 amide bonds. The van der Waals surface area contributed by atoms with E-state index in [4.69, 9.17) is 9.47 Å². The van der Waals surface area contributed by atoms with Crippen molar-refractivity contribution in [3.05, 3.63) is 41.4 Å². The monoisotopic (exact) mass is 366 g/mol. The van der Waals surface area contributed by atoms with Gasteiger partial charge in [-0.05, 0) is 44.7 Å². The molecule has 0 aliphatic carbocycles. The highest BCUT2D eigenvalue weighted by molar-refractivity contribution is 8.02. The standard InChI is InChI=1S/C18H26N2O4S/c1-12(25-6)19-14-9-7-13(8-10-14)11-15(16(21)23-5)20-17(22)24-18(2,3)4/h7-10,15,19H,1,11H2,2-6H3,(H,20,22). The summed E-state index contributed by atoms with van der Waals surface area (Å²) in [6.07, 6.45) is 1.58. The first-order chi connectivity index (χ1) is 11.6. The number of esters is 1. The van der Waals surface area contributed by atoms with Gasteiger partial charge in [0, 0.05) is 12.1 Å². The minimum atomic E-state index is -0.820. The van der Waals surface area contributed by atoms with Gasteiger partial charge in [0.15, 0.2) is 0 Å². The van der Waals surface area contributed by atoms with Gasteiger partial charge < -0.3 is 20.1 Å². The Morgan fingerprint density at radius 1 is 1.24 bits per heavy atom. The van der Waals surface area contributed by atoms with Crippen molar-refractivity contribution in [2.24, 2.45) is 0 Å². The van der Waals surface area contributed by atoms with Crippen molar-refractivity contribution in [3.8, 4) is 0 Å². The van der Waals surface area contributed by atoms with Crippen molar-refractivity contribution in [2.45, 2.75) is 38.8 Å². The van der Waals surface area contributed by atoms with E-state index in [-0.39, 0.29) is 0 Å². The quantitative estimate of drug-likeness (QED) is 0.719. The summed E-state index contributed by atoms with van der Waals surface area (Å²) in [5.74, 6) is -0.524. The Hall–Kier alpha value is -2.15. The van der Waals surface area contributed by atoms with E-state index in [0.717, 1.165) is 16.3 Å². The van der Waals surface area contributed by atoms with Crippen molar-refractivity contribution in [2.75, 3.05) is 18.7 Å². The molecule has 1 rings (SSSR count). The maximum atomic E-state index is 11.9. The van der Waals surface area contributed by atoms with Crippen LogP contribution in [0.4, 0.5) is 10.5 Å². The maximum absolute atomic E-state index is 11.9. The average molecular weight is 366 g/mol. The predicted molar refractivity (Wildman–Crippen MR) is 102 cm³/mol. The molecule has 0 fully saturated rings. The normalized spacial score (nSPS) is 12.0.